The third-order valence-corrected chi connectivity index (χ3v) is 2.39. The molecule has 1 rings (SSSR count). The predicted octanol–water partition coefficient (Wildman–Crippen LogP) is -0.0716. The van der Waals surface area contributed by atoms with E-state index in [4.69, 9.17) is 11.5 Å². The van der Waals surface area contributed by atoms with E-state index in [1.807, 2.05) is 0 Å². The van der Waals surface area contributed by atoms with Gasteiger partial charge in [0.25, 0.3) is 0 Å². The van der Waals surface area contributed by atoms with Gasteiger partial charge in [-0.3, -0.25) is 0 Å². The van der Waals surface area contributed by atoms with Gasteiger partial charge in [-0.25, -0.2) is 0 Å². The molecule has 0 radical (unpaired) electrons. The fraction of sp³-hybridized carbons (Fsp3) is 1.00. The highest BCUT2D eigenvalue weighted by Crippen LogP contribution is 2.49. The lowest BCUT2D eigenvalue weighted by atomic mass is 10.1. The lowest BCUT2D eigenvalue weighted by Gasteiger charge is -1.95. The maximum Gasteiger partial charge on any atom is 0.0140 e. The molecule has 2 heteroatoms. The number of hydrogen-bond acceptors (Lipinski definition) is 2. The maximum atomic E-state index is 5.67. The Balaban J connectivity index is 2.45. The number of nitrogens with two attached hydrogens (primary N) is 2. The Bertz CT molecular complexity index is 98.7. The first-order valence-electron chi connectivity index (χ1n) is 3.06. The van der Waals surface area contributed by atoms with Crippen molar-refractivity contribution >= 4 is 0 Å². The second-order valence-electron chi connectivity index (χ2n) is 3.19. The van der Waals surface area contributed by atoms with Crippen molar-refractivity contribution < 1.29 is 0 Å². The van der Waals surface area contributed by atoms with Crippen LogP contribution >= 0.6 is 0 Å². The van der Waals surface area contributed by atoms with Crippen LogP contribution in [0.4, 0.5) is 0 Å². The smallest absolute Gasteiger partial charge is 0.0140 e. The zero-order valence-electron chi connectivity index (χ0n) is 5.52. The normalized spacial score (nSPS) is 42.0. The highest BCUT2D eigenvalue weighted by Gasteiger charge is 2.54. The van der Waals surface area contributed by atoms with E-state index in [9.17, 15) is 0 Å². The molecule has 0 heterocycles. The van der Waals surface area contributed by atoms with E-state index in [-0.39, 0.29) is 0 Å². The summed E-state index contributed by atoms with van der Waals surface area (Å²) in [6.45, 7) is 5.07. The van der Waals surface area contributed by atoms with E-state index >= 15 is 0 Å². The number of rotatable bonds is 1. The van der Waals surface area contributed by atoms with Crippen molar-refractivity contribution in [2.45, 2.75) is 19.9 Å². The van der Waals surface area contributed by atoms with Crippen LogP contribution < -0.4 is 11.5 Å². The van der Waals surface area contributed by atoms with Gasteiger partial charge in [0, 0.05) is 6.04 Å². The number of hydrogen-bond donors (Lipinski definition) is 2. The molecule has 0 amide bonds. The van der Waals surface area contributed by atoms with Gasteiger partial charge < -0.3 is 11.5 Å². The molecule has 0 aromatic carbocycles. The van der Waals surface area contributed by atoms with Crippen molar-refractivity contribution in [3.63, 3.8) is 0 Å². The zero-order chi connectivity index (χ0) is 6.36. The summed E-state index contributed by atoms with van der Waals surface area (Å²) in [5, 5.41) is 0. The van der Waals surface area contributed by atoms with Crippen LogP contribution in [0.25, 0.3) is 0 Å². The van der Waals surface area contributed by atoms with Gasteiger partial charge in [0.1, 0.15) is 0 Å². The molecule has 48 valence electrons. The van der Waals surface area contributed by atoms with Gasteiger partial charge in [-0.2, -0.15) is 0 Å². The molecule has 0 unspecified atom stereocenters. The summed E-state index contributed by atoms with van der Waals surface area (Å²) in [5.74, 6) is 0.572. The molecule has 0 aromatic heterocycles. The molecule has 1 aliphatic carbocycles. The van der Waals surface area contributed by atoms with Crippen LogP contribution in [-0.2, 0) is 0 Å². The quantitative estimate of drug-likeness (QED) is 0.501. The maximum absolute atomic E-state index is 5.67. The summed E-state index contributed by atoms with van der Waals surface area (Å²) in [6, 6.07) is 0.354. The third kappa shape index (κ3) is 0.565. The molecular formula is C6H14N2. The van der Waals surface area contributed by atoms with Crippen molar-refractivity contribution in [2.24, 2.45) is 22.8 Å². The average molecular weight is 114 g/mol. The third-order valence-electron chi connectivity index (χ3n) is 2.39. The van der Waals surface area contributed by atoms with Gasteiger partial charge in [0.2, 0.25) is 0 Å². The standard InChI is InChI=1S/C6H14N2/c1-6(2)4(3-7)5(6)8/h4-5H,3,7-8H2,1-2H3/t4-,5-/m0/s1. The van der Waals surface area contributed by atoms with Crippen LogP contribution in [0.15, 0.2) is 0 Å². The Hall–Kier alpha value is -0.0800. The molecule has 0 aromatic rings. The zero-order valence-corrected chi connectivity index (χ0v) is 5.52. The SMILES string of the molecule is CC1(C)[C@@H](N)[C@@H]1CN. The summed E-state index contributed by atoms with van der Waals surface area (Å²) in [7, 11) is 0. The monoisotopic (exact) mass is 114 g/mol. The van der Waals surface area contributed by atoms with Gasteiger partial charge in [-0.05, 0) is 17.9 Å². The molecular weight excluding hydrogens is 100 g/mol. The average Bonchev–Trinajstić information content (AvgIpc) is 2.09. The highest BCUT2D eigenvalue weighted by atomic mass is 14.9. The second-order valence-corrected chi connectivity index (χ2v) is 3.19. The van der Waals surface area contributed by atoms with Crippen LogP contribution in [0.3, 0.4) is 0 Å². The molecule has 1 fully saturated rings. The Labute approximate surface area is 50.2 Å². The summed E-state index contributed by atoms with van der Waals surface area (Å²) in [6.07, 6.45) is 0. The summed E-state index contributed by atoms with van der Waals surface area (Å²) >= 11 is 0. The predicted molar refractivity (Wildman–Crippen MR) is 34.3 cm³/mol. The van der Waals surface area contributed by atoms with Crippen LogP contribution in [0.5, 0.6) is 0 Å². The summed E-state index contributed by atoms with van der Waals surface area (Å²) in [4.78, 5) is 0. The first-order chi connectivity index (χ1) is 3.60. The van der Waals surface area contributed by atoms with Crippen molar-refractivity contribution in [3.05, 3.63) is 0 Å². The molecule has 0 spiro atoms. The molecule has 0 bridgehead atoms. The molecule has 0 aliphatic heterocycles. The van der Waals surface area contributed by atoms with Crippen molar-refractivity contribution in [3.8, 4) is 0 Å². The second kappa shape index (κ2) is 1.45. The molecule has 4 N–H and O–H groups in total. The Morgan fingerprint density at radius 2 is 1.88 bits per heavy atom. The van der Waals surface area contributed by atoms with Crippen LogP contribution in [0, 0.1) is 11.3 Å². The lowest BCUT2D eigenvalue weighted by Crippen LogP contribution is -2.09. The first-order valence-corrected chi connectivity index (χ1v) is 3.06. The molecule has 2 nitrogen and oxygen atoms in total. The molecule has 0 saturated heterocycles. The van der Waals surface area contributed by atoms with E-state index in [2.05, 4.69) is 13.8 Å². The van der Waals surface area contributed by atoms with Gasteiger partial charge in [0.15, 0.2) is 0 Å². The van der Waals surface area contributed by atoms with Crippen molar-refractivity contribution in [1.29, 1.82) is 0 Å². The summed E-state index contributed by atoms with van der Waals surface area (Å²) < 4.78 is 0. The van der Waals surface area contributed by atoms with E-state index in [0.29, 0.717) is 17.4 Å². The minimum absolute atomic E-state index is 0.328. The first kappa shape index (κ1) is 6.05. The van der Waals surface area contributed by atoms with Gasteiger partial charge in [-0.1, -0.05) is 13.8 Å². The van der Waals surface area contributed by atoms with Crippen LogP contribution in [0.1, 0.15) is 13.8 Å². The topological polar surface area (TPSA) is 52.0 Å². The molecule has 2 atom stereocenters. The summed E-state index contributed by atoms with van der Waals surface area (Å²) in [5.41, 5.74) is 11.4. The van der Waals surface area contributed by atoms with Gasteiger partial charge >= 0.3 is 0 Å². The Morgan fingerprint density at radius 1 is 1.50 bits per heavy atom. The molecule has 1 saturated carbocycles. The van der Waals surface area contributed by atoms with E-state index in [1.54, 1.807) is 0 Å². The van der Waals surface area contributed by atoms with Gasteiger partial charge in [-0.15, -0.1) is 0 Å². The molecule has 1 aliphatic rings. The van der Waals surface area contributed by atoms with Crippen LogP contribution in [0.2, 0.25) is 0 Å². The minimum atomic E-state index is 0.328. The van der Waals surface area contributed by atoms with Crippen LogP contribution in [-0.4, -0.2) is 12.6 Å². The Kier molecular flexibility index (Phi) is 1.10. The lowest BCUT2D eigenvalue weighted by molar-refractivity contribution is 0.558. The van der Waals surface area contributed by atoms with Gasteiger partial charge in [0.05, 0.1) is 0 Å². The fourth-order valence-corrected chi connectivity index (χ4v) is 1.24. The Morgan fingerprint density at radius 3 is 1.88 bits per heavy atom. The fourth-order valence-electron chi connectivity index (χ4n) is 1.24. The van der Waals surface area contributed by atoms with Crippen molar-refractivity contribution in [2.75, 3.05) is 6.54 Å². The molecule has 8 heavy (non-hydrogen) atoms. The largest absolute Gasteiger partial charge is 0.330 e. The van der Waals surface area contributed by atoms with Crippen molar-refractivity contribution in [1.82, 2.24) is 0 Å². The highest BCUT2D eigenvalue weighted by molar-refractivity contribution is 5.08. The van der Waals surface area contributed by atoms with E-state index in [0.717, 1.165) is 6.54 Å². The minimum Gasteiger partial charge on any atom is -0.330 e. The van der Waals surface area contributed by atoms with E-state index < -0.39 is 0 Å². The van der Waals surface area contributed by atoms with E-state index in [1.165, 1.54) is 0 Å².